The first-order chi connectivity index (χ1) is 5.77. The van der Waals surface area contributed by atoms with Crippen LogP contribution in [0.2, 0.25) is 0 Å². The molecule has 0 amide bonds. The van der Waals surface area contributed by atoms with E-state index in [-0.39, 0.29) is 5.41 Å². The fraction of sp³-hybridized carbons (Fsp3) is 0.500. The fourth-order valence-electron chi connectivity index (χ4n) is 1.14. The summed E-state index contributed by atoms with van der Waals surface area (Å²) in [5.74, 6) is 0. The zero-order chi connectivity index (χ0) is 8.86. The summed E-state index contributed by atoms with van der Waals surface area (Å²) in [5, 5.41) is 3.33. The van der Waals surface area contributed by atoms with Gasteiger partial charge in [-0.15, -0.1) is 0 Å². The summed E-state index contributed by atoms with van der Waals surface area (Å²) >= 11 is 0. The largest absolute Gasteiger partial charge is 0.316 e. The van der Waals surface area contributed by atoms with Crippen molar-refractivity contribution in [1.82, 2.24) is 5.32 Å². The second-order valence-corrected chi connectivity index (χ2v) is 3.26. The third-order valence-electron chi connectivity index (χ3n) is 1.95. The van der Waals surface area contributed by atoms with E-state index in [4.69, 9.17) is 0 Å². The summed E-state index contributed by atoms with van der Waals surface area (Å²) < 4.78 is 0. The minimum Gasteiger partial charge on any atom is -0.316 e. The van der Waals surface area contributed by atoms with Gasteiger partial charge in [-0.2, -0.15) is 0 Å². The van der Waals surface area contributed by atoms with E-state index in [9.17, 15) is 0 Å². The number of nitrogens with zero attached hydrogens (tertiary/aromatic N) is 1. The molecule has 1 rings (SSSR count). The van der Waals surface area contributed by atoms with Gasteiger partial charge in [0, 0.05) is 24.4 Å². The van der Waals surface area contributed by atoms with Crippen molar-refractivity contribution in [2.45, 2.75) is 13.8 Å². The van der Waals surface area contributed by atoms with Crippen molar-refractivity contribution in [2.75, 3.05) is 13.1 Å². The number of nitrogens with one attached hydrogen (secondary N) is 1. The van der Waals surface area contributed by atoms with Crippen LogP contribution in [0.4, 0.5) is 0 Å². The van der Waals surface area contributed by atoms with Crippen molar-refractivity contribution in [3.63, 3.8) is 0 Å². The highest BCUT2D eigenvalue weighted by Gasteiger charge is 2.16. The van der Waals surface area contributed by atoms with Crippen LogP contribution < -0.4 is 5.32 Å². The molecule has 1 unspecified atom stereocenters. The smallest absolute Gasteiger partial charge is 0.0264 e. The highest BCUT2D eigenvalue weighted by molar-refractivity contribution is 5.72. The van der Waals surface area contributed by atoms with Crippen molar-refractivity contribution in [3.05, 3.63) is 24.4 Å². The SMILES string of the molecule is CCNCC1(C)C=CC=NC=C1. The van der Waals surface area contributed by atoms with Gasteiger partial charge in [0.25, 0.3) is 0 Å². The maximum Gasteiger partial charge on any atom is 0.0264 e. The quantitative estimate of drug-likeness (QED) is 0.675. The maximum atomic E-state index is 4.05. The Balaban J connectivity index is 2.57. The molecule has 2 nitrogen and oxygen atoms in total. The Morgan fingerprint density at radius 3 is 3.00 bits per heavy atom. The van der Waals surface area contributed by atoms with Gasteiger partial charge in [0.1, 0.15) is 0 Å². The Morgan fingerprint density at radius 1 is 1.42 bits per heavy atom. The van der Waals surface area contributed by atoms with E-state index in [2.05, 4.69) is 36.3 Å². The summed E-state index contributed by atoms with van der Waals surface area (Å²) in [6.45, 7) is 6.29. The molecule has 0 fully saturated rings. The monoisotopic (exact) mass is 164 g/mol. The van der Waals surface area contributed by atoms with Crippen molar-refractivity contribution in [3.8, 4) is 0 Å². The van der Waals surface area contributed by atoms with Crippen molar-refractivity contribution < 1.29 is 0 Å². The van der Waals surface area contributed by atoms with Gasteiger partial charge in [-0.3, -0.25) is 4.99 Å². The lowest BCUT2D eigenvalue weighted by Gasteiger charge is -2.20. The van der Waals surface area contributed by atoms with Crippen LogP contribution in [0.1, 0.15) is 13.8 Å². The van der Waals surface area contributed by atoms with Crippen molar-refractivity contribution in [1.29, 1.82) is 0 Å². The van der Waals surface area contributed by atoms with E-state index in [0.29, 0.717) is 0 Å². The topological polar surface area (TPSA) is 24.4 Å². The van der Waals surface area contributed by atoms with Crippen LogP contribution >= 0.6 is 0 Å². The number of allylic oxidation sites excluding steroid dienone is 1. The molecule has 0 spiro atoms. The molecule has 0 saturated carbocycles. The number of aliphatic imine (C=N–C) groups is 1. The molecule has 0 saturated heterocycles. The third kappa shape index (κ3) is 2.62. The highest BCUT2D eigenvalue weighted by Crippen LogP contribution is 2.20. The van der Waals surface area contributed by atoms with Crippen LogP contribution in [0.25, 0.3) is 0 Å². The van der Waals surface area contributed by atoms with E-state index >= 15 is 0 Å². The highest BCUT2D eigenvalue weighted by atomic mass is 14.9. The van der Waals surface area contributed by atoms with Gasteiger partial charge in [-0.25, -0.2) is 0 Å². The number of hydrogen-bond acceptors (Lipinski definition) is 2. The summed E-state index contributed by atoms with van der Waals surface area (Å²) in [5.41, 5.74) is 0.118. The molecule has 1 aliphatic rings. The van der Waals surface area contributed by atoms with E-state index in [1.807, 2.05) is 18.5 Å². The third-order valence-corrected chi connectivity index (χ3v) is 1.95. The van der Waals surface area contributed by atoms with E-state index in [0.717, 1.165) is 13.1 Å². The molecular formula is C10H16N2. The first-order valence-electron chi connectivity index (χ1n) is 4.36. The van der Waals surface area contributed by atoms with Gasteiger partial charge in [0.2, 0.25) is 0 Å². The van der Waals surface area contributed by atoms with Crippen LogP contribution in [-0.2, 0) is 0 Å². The van der Waals surface area contributed by atoms with Crippen LogP contribution in [0.15, 0.2) is 29.4 Å². The molecular weight excluding hydrogens is 148 g/mol. The van der Waals surface area contributed by atoms with Gasteiger partial charge >= 0.3 is 0 Å². The van der Waals surface area contributed by atoms with Crippen molar-refractivity contribution in [2.24, 2.45) is 10.4 Å². The molecule has 0 bridgehead atoms. The fourth-order valence-corrected chi connectivity index (χ4v) is 1.14. The zero-order valence-electron chi connectivity index (χ0n) is 7.75. The Morgan fingerprint density at radius 2 is 2.25 bits per heavy atom. The average molecular weight is 164 g/mol. The normalized spacial score (nSPS) is 27.5. The van der Waals surface area contributed by atoms with Crippen LogP contribution in [0.5, 0.6) is 0 Å². The van der Waals surface area contributed by atoms with Gasteiger partial charge in [-0.1, -0.05) is 26.0 Å². The molecule has 0 aromatic carbocycles. The van der Waals surface area contributed by atoms with Gasteiger partial charge in [0.15, 0.2) is 0 Å². The first-order valence-corrected chi connectivity index (χ1v) is 4.36. The lowest BCUT2D eigenvalue weighted by atomic mass is 9.90. The van der Waals surface area contributed by atoms with Crippen LogP contribution in [0.3, 0.4) is 0 Å². The Bertz CT molecular complexity index is 198. The minimum atomic E-state index is 0.118. The van der Waals surface area contributed by atoms with Crippen LogP contribution in [-0.4, -0.2) is 19.3 Å². The molecule has 12 heavy (non-hydrogen) atoms. The summed E-state index contributed by atoms with van der Waals surface area (Å²) in [7, 11) is 0. The summed E-state index contributed by atoms with van der Waals surface area (Å²) in [4.78, 5) is 4.05. The van der Waals surface area contributed by atoms with Gasteiger partial charge in [-0.05, 0) is 12.6 Å². The van der Waals surface area contributed by atoms with E-state index < -0.39 is 0 Å². The molecule has 0 aromatic heterocycles. The summed E-state index contributed by atoms with van der Waals surface area (Å²) in [6, 6.07) is 0. The van der Waals surface area contributed by atoms with Gasteiger partial charge < -0.3 is 5.32 Å². The lowest BCUT2D eigenvalue weighted by molar-refractivity contribution is 0.495. The Kier molecular flexibility index (Phi) is 3.23. The first kappa shape index (κ1) is 9.20. The van der Waals surface area contributed by atoms with Crippen LogP contribution in [0, 0.1) is 5.41 Å². The molecule has 0 aromatic rings. The van der Waals surface area contributed by atoms with E-state index in [1.165, 1.54) is 0 Å². The van der Waals surface area contributed by atoms with Crippen molar-refractivity contribution >= 4 is 6.21 Å². The molecule has 1 N–H and O–H groups in total. The van der Waals surface area contributed by atoms with E-state index in [1.54, 1.807) is 0 Å². The standard InChI is InChI=1S/C10H16N2/c1-3-11-9-10(2)5-4-7-12-8-6-10/h4-8,11H,3,9H2,1-2H3. The summed E-state index contributed by atoms with van der Waals surface area (Å²) in [6.07, 6.45) is 9.96. The molecule has 2 heteroatoms. The molecule has 0 aliphatic carbocycles. The second-order valence-electron chi connectivity index (χ2n) is 3.26. The minimum absolute atomic E-state index is 0.118. The molecule has 1 atom stereocenters. The molecule has 66 valence electrons. The Labute approximate surface area is 74.1 Å². The molecule has 0 radical (unpaired) electrons. The Hall–Kier alpha value is -0.890. The maximum absolute atomic E-state index is 4.05. The number of hydrogen-bond donors (Lipinski definition) is 1. The zero-order valence-corrected chi connectivity index (χ0v) is 7.75. The predicted octanol–water partition coefficient (Wildman–Crippen LogP) is 1.76. The van der Waals surface area contributed by atoms with Gasteiger partial charge in [0.05, 0.1) is 0 Å². The second kappa shape index (κ2) is 4.21. The molecule has 1 heterocycles. The lowest BCUT2D eigenvalue weighted by Crippen LogP contribution is -2.28. The average Bonchev–Trinajstić information content (AvgIpc) is 2.27. The number of rotatable bonds is 3. The molecule has 1 aliphatic heterocycles. The predicted molar refractivity (Wildman–Crippen MR) is 53.4 cm³/mol.